The van der Waals surface area contributed by atoms with E-state index in [2.05, 4.69) is 10.6 Å². The van der Waals surface area contributed by atoms with Crippen LogP contribution in [-0.2, 0) is 9.59 Å². The summed E-state index contributed by atoms with van der Waals surface area (Å²) in [6, 6.07) is 18.2. The van der Waals surface area contributed by atoms with Crippen LogP contribution in [0.25, 0.3) is 12.2 Å². The summed E-state index contributed by atoms with van der Waals surface area (Å²) in [6.45, 7) is 0. The van der Waals surface area contributed by atoms with E-state index in [0.717, 1.165) is 0 Å². The van der Waals surface area contributed by atoms with Crippen LogP contribution in [0.4, 0.5) is 20.2 Å². The van der Waals surface area contributed by atoms with Gasteiger partial charge in [-0.1, -0.05) is 30.3 Å². The summed E-state index contributed by atoms with van der Waals surface area (Å²) in [5.74, 6) is -1.41. The molecule has 0 heterocycles. The first kappa shape index (κ1) is 20.7. The maximum Gasteiger partial charge on any atom is 0.248 e. The number of carbonyl (C=O) groups excluding carboxylic acids is 2. The van der Waals surface area contributed by atoms with Gasteiger partial charge in [-0.05, 0) is 65.7 Å². The molecule has 0 aromatic heterocycles. The standard InChI is InChI=1S/C24H18F2N2O2/c25-19-10-4-17(5-11-19)8-14-23(29)27-21-2-1-3-22(16-21)28-24(30)15-9-18-6-12-20(26)13-7-18/h1-16H,(H,27,29)(H,28,30)/b14-8-,15-9+. The molecule has 6 heteroatoms. The number of hydrogen-bond acceptors (Lipinski definition) is 2. The van der Waals surface area contributed by atoms with Gasteiger partial charge in [0, 0.05) is 23.5 Å². The molecule has 0 bridgehead atoms. The van der Waals surface area contributed by atoms with Crippen molar-refractivity contribution in [2.45, 2.75) is 0 Å². The third kappa shape index (κ3) is 6.53. The Balaban J connectivity index is 1.57. The summed E-state index contributed by atoms with van der Waals surface area (Å²) in [7, 11) is 0. The minimum absolute atomic E-state index is 0.344. The van der Waals surface area contributed by atoms with Crippen LogP contribution in [0.1, 0.15) is 11.1 Å². The Morgan fingerprint density at radius 3 is 1.43 bits per heavy atom. The third-order valence-corrected chi connectivity index (χ3v) is 3.99. The molecular formula is C24H18F2N2O2. The van der Waals surface area contributed by atoms with Crippen LogP contribution in [0.5, 0.6) is 0 Å². The Morgan fingerprint density at radius 2 is 1.03 bits per heavy atom. The van der Waals surface area contributed by atoms with Gasteiger partial charge in [0.1, 0.15) is 11.6 Å². The van der Waals surface area contributed by atoms with Crippen molar-refractivity contribution in [1.29, 1.82) is 0 Å². The Bertz CT molecular complexity index is 1000. The van der Waals surface area contributed by atoms with Crippen LogP contribution in [-0.4, -0.2) is 11.8 Å². The van der Waals surface area contributed by atoms with Gasteiger partial charge in [0.05, 0.1) is 0 Å². The smallest absolute Gasteiger partial charge is 0.248 e. The topological polar surface area (TPSA) is 58.2 Å². The van der Waals surface area contributed by atoms with Gasteiger partial charge in [0.2, 0.25) is 11.8 Å². The number of benzene rings is 3. The Hall–Kier alpha value is -4.06. The van der Waals surface area contributed by atoms with E-state index in [1.807, 2.05) is 0 Å². The Morgan fingerprint density at radius 1 is 0.633 bits per heavy atom. The number of hydrogen-bond donors (Lipinski definition) is 2. The summed E-state index contributed by atoms with van der Waals surface area (Å²) in [5, 5.41) is 5.39. The van der Waals surface area contributed by atoms with E-state index in [9.17, 15) is 18.4 Å². The first-order chi connectivity index (χ1) is 14.5. The zero-order chi connectivity index (χ0) is 21.3. The van der Waals surface area contributed by atoms with Gasteiger partial charge in [-0.15, -0.1) is 0 Å². The highest BCUT2D eigenvalue weighted by Gasteiger charge is 2.02. The maximum atomic E-state index is 12.9. The molecule has 0 fully saturated rings. The molecule has 0 aliphatic heterocycles. The average Bonchev–Trinajstić information content (AvgIpc) is 2.73. The molecule has 0 atom stereocenters. The van der Waals surface area contributed by atoms with Crippen LogP contribution >= 0.6 is 0 Å². The van der Waals surface area contributed by atoms with E-state index in [1.54, 1.807) is 60.7 Å². The van der Waals surface area contributed by atoms with Crippen molar-refractivity contribution >= 4 is 35.3 Å². The largest absolute Gasteiger partial charge is 0.322 e. The Labute approximate surface area is 172 Å². The van der Waals surface area contributed by atoms with Crippen molar-refractivity contribution in [3.05, 3.63) is 108 Å². The van der Waals surface area contributed by atoms with E-state index in [1.165, 1.54) is 36.4 Å². The van der Waals surface area contributed by atoms with Crippen molar-refractivity contribution in [3.8, 4) is 0 Å². The molecule has 150 valence electrons. The molecule has 0 radical (unpaired) electrons. The summed E-state index contributed by atoms with van der Waals surface area (Å²) < 4.78 is 25.8. The second-order valence-corrected chi connectivity index (χ2v) is 6.33. The lowest BCUT2D eigenvalue weighted by Crippen LogP contribution is -2.10. The summed E-state index contributed by atoms with van der Waals surface area (Å²) in [5.41, 5.74) is 2.40. The second-order valence-electron chi connectivity index (χ2n) is 6.33. The van der Waals surface area contributed by atoms with Gasteiger partial charge in [-0.3, -0.25) is 9.59 Å². The molecular weight excluding hydrogens is 386 g/mol. The zero-order valence-corrected chi connectivity index (χ0v) is 15.8. The number of carbonyl (C=O) groups is 2. The third-order valence-electron chi connectivity index (χ3n) is 3.99. The minimum atomic E-state index is -0.362. The van der Waals surface area contributed by atoms with E-state index < -0.39 is 0 Å². The fourth-order valence-corrected chi connectivity index (χ4v) is 2.53. The number of anilines is 2. The fraction of sp³-hybridized carbons (Fsp3) is 0. The second kappa shape index (κ2) is 9.93. The SMILES string of the molecule is O=C(/C=C\c1ccc(F)cc1)Nc1cccc(NC(=O)/C=C/c2ccc(F)cc2)c1. The molecule has 3 aromatic rings. The monoisotopic (exact) mass is 404 g/mol. The summed E-state index contributed by atoms with van der Waals surface area (Å²) >= 11 is 0. The maximum absolute atomic E-state index is 12.9. The number of nitrogens with one attached hydrogen (secondary N) is 2. The van der Waals surface area contributed by atoms with Crippen LogP contribution in [0.3, 0.4) is 0 Å². The van der Waals surface area contributed by atoms with Gasteiger partial charge in [0.15, 0.2) is 0 Å². The van der Waals surface area contributed by atoms with Crippen LogP contribution in [0.15, 0.2) is 84.9 Å². The predicted molar refractivity (Wildman–Crippen MR) is 115 cm³/mol. The lowest BCUT2D eigenvalue weighted by Gasteiger charge is -2.06. The summed E-state index contributed by atoms with van der Waals surface area (Å²) in [4.78, 5) is 24.1. The summed E-state index contributed by atoms with van der Waals surface area (Å²) in [6.07, 6.45) is 5.81. The quantitative estimate of drug-likeness (QED) is 0.550. The highest BCUT2D eigenvalue weighted by atomic mass is 19.1. The molecule has 0 spiro atoms. The molecule has 0 unspecified atom stereocenters. The average molecular weight is 404 g/mol. The molecule has 0 aliphatic carbocycles. The fourth-order valence-electron chi connectivity index (χ4n) is 2.53. The van der Waals surface area contributed by atoms with Crippen LogP contribution < -0.4 is 10.6 Å². The van der Waals surface area contributed by atoms with Crippen molar-refractivity contribution in [1.82, 2.24) is 0 Å². The predicted octanol–water partition coefficient (Wildman–Crippen LogP) is 5.27. The highest BCUT2D eigenvalue weighted by molar-refractivity contribution is 6.04. The molecule has 2 N–H and O–H groups in total. The lowest BCUT2D eigenvalue weighted by molar-refractivity contribution is -0.112. The highest BCUT2D eigenvalue weighted by Crippen LogP contribution is 2.16. The number of halogens is 2. The molecule has 0 saturated carbocycles. The van der Waals surface area contributed by atoms with Crippen LogP contribution in [0, 0.1) is 11.6 Å². The van der Waals surface area contributed by atoms with Gasteiger partial charge in [-0.2, -0.15) is 0 Å². The van der Waals surface area contributed by atoms with Crippen LogP contribution in [0.2, 0.25) is 0 Å². The van der Waals surface area contributed by atoms with Crippen molar-refractivity contribution in [2.75, 3.05) is 10.6 Å². The van der Waals surface area contributed by atoms with E-state index >= 15 is 0 Å². The van der Waals surface area contributed by atoms with Gasteiger partial charge in [0.25, 0.3) is 0 Å². The van der Waals surface area contributed by atoms with Gasteiger partial charge in [-0.25, -0.2) is 8.78 Å². The van der Waals surface area contributed by atoms with Gasteiger partial charge >= 0.3 is 0 Å². The van der Waals surface area contributed by atoms with E-state index in [-0.39, 0.29) is 23.4 Å². The molecule has 0 saturated heterocycles. The number of rotatable bonds is 6. The molecule has 30 heavy (non-hydrogen) atoms. The number of amides is 2. The molecule has 2 amide bonds. The first-order valence-corrected chi connectivity index (χ1v) is 9.07. The van der Waals surface area contributed by atoms with E-state index in [0.29, 0.717) is 22.5 Å². The normalized spacial score (nSPS) is 11.0. The first-order valence-electron chi connectivity index (χ1n) is 9.07. The molecule has 3 rings (SSSR count). The molecule has 3 aromatic carbocycles. The lowest BCUT2D eigenvalue weighted by atomic mass is 10.2. The van der Waals surface area contributed by atoms with Crippen molar-refractivity contribution in [3.63, 3.8) is 0 Å². The van der Waals surface area contributed by atoms with Crippen molar-refractivity contribution in [2.24, 2.45) is 0 Å². The zero-order valence-electron chi connectivity index (χ0n) is 15.8. The van der Waals surface area contributed by atoms with Gasteiger partial charge < -0.3 is 10.6 Å². The van der Waals surface area contributed by atoms with Crippen molar-refractivity contribution < 1.29 is 18.4 Å². The minimum Gasteiger partial charge on any atom is -0.322 e. The van der Waals surface area contributed by atoms with E-state index in [4.69, 9.17) is 0 Å². The molecule has 4 nitrogen and oxygen atoms in total. The molecule has 0 aliphatic rings. The Kier molecular flexibility index (Phi) is 6.84.